The van der Waals surface area contributed by atoms with E-state index >= 15 is 0 Å². The Morgan fingerprint density at radius 2 is 1.79 bits per heavy atom. The lowest BCUT2D eigenvalue weighted by molar-refractivity contribution is 0.0649. The molecule has 0 aliphatic rings. The first-order chi connectivity index (χ1) is 9.36. The van der Waals surface area contributed by atoms with Crippen LogP contribution in [0.1, 0.15) is 57.9 Å². The summed E-state index contributed by atoms with van der Waals surface area (Å²) < 4.78 is 6.02. The van der Waals surface area contributed by atoms with Crippen LogP contribution in [0.2, 0.25) is 0 Å². The number of ether oxygens (including phenoxy) is 1. The molecule has 1 heteroatoms. The summed E-state index contributed by atoms with van der Waals surface area (Å²) in [6.45, 7) is 5.18. The number of unbranched alkanes of at least 4 members (excludes halogenated alkanes) is 3. The van der Waals surface area contributed by atoms with Crippen molar-refractivity contribution < 1.29 is 4.74 Å². The summed E-state index contributed by atoms with van der Waals surface area (Å²) in [5, 5.41) is 0. The van der Waals surface area contributed by atoms with Crippen molar-refractivity contribution in [2.75, 3.05) is 0 Å². The van der Waals surface area contributed by atoms with Crippen molar-refractivity contribution in [3.63, 3.8) is 0 Å². The Morgan fingerprint density at radius 1 is 1.05 bits per heavy atom. The minimum Gasteiger partial charge on any atom is -0.369 e. The molecule has 0 saturated heterocycles. The Hall–Kier alpha value is -1.08. The highest BCUT2D eigenvalue weighted by Gasteiger charge is 2.04. The lowest BCUT2D eigenvalue weighted by Gasteiger charge is -2.14. The normalized spacial score (nSPS) is 12.9. The number of hydrogen-bond acceptors (Lipinski definition) is 1. The van der Waals surface area contributed by atoms with Crippen molar-refractivity contribution in [3.8, 4) is 0 Å². The van der Waals surface area contributed by atoms with Gasteiger partial charge in [-0.1, -0.05) is 82.0 Å². The second-order valence-electron chi connectivity index (χ2n) is 5.05. The molecule has 0 saturated carbocycles. The number of hydrogen-bond donors (Lipinski definition) is 0. The van der Waals surface area contributed by atoms with Crippen molar-refractivity contribution in [2.45, 2.75) is 65.1 Å². The lowest BCUT2D eigenvalue weighted by atomic mass is 10.1. The first-order valence-corrected chi connectivity index (χ1v) is 7.69. The van der Waals surface area contributed by atoms with Crippen LogP contribution in [-0.2, 0) is 11.3 Å². The molecule has 106 valence electrons. The van der Waals surface area contributed by atoms with E-state index in [1.165, 1.54) is 37.7 Å². The fourth-order valence-electron chi connectivity index (χ4n) is 1.99. The Balaban J connectivity index is 2.37. The van der Waals surface area contributed by atoms with Gasteiger partial charge in [0.25, 0.3) is 0 Å². The summed E-state index contributed by atoms with van der Waals surface area (Å²) in [6, 6.07) is 10.4. The fraction of sp³-hybridized carbons (Fsp3) is 0.556. The van der Waals surface area contributed by atoms with Crippen LogP contribution in [-0.4, -0.2) is 6.10 Å². The molecule has 1 rings (SSSR count). The maximum absolute atomic E-state index is 6.02. The smallest absolute Gasteiger partial charge is 0.0760 e. The molecule has 0 heterocycles. The van der Waals surface area contributed by atoms with Gasteiger partial charge in [0.05, 0.1) is 12.7 Å². The summed E-state index contributed by atoms with van der Waals surface area (Å²) in [5.41, 5.74) is 1.26. The molecule has 1 unspecified atom stereocenters. The molecular formula is C18H28O. The quantitative estimate of drug-likeness (QED) is 0.398. The van der Waals surface area contributed by atoms with Gasteiger partial charge in [-0.3, -0.25) is 0 Å². The monoisotopic (exact) mass is 260 g/mol. The van der Waals surface area contributed by atoms with Crippen LogP contribution in [0.25, 0.3) is 0 Å². The average molecular weight is 260 g/mol. The number of rotatable bonds is 10. The highest BCUT2D eigenvalue weighted by Crippen LogP contribution is 2.11. The summed E-state index contributed by atoms with van der Waals surface area (Å²) in [6.07, 6.45) is 12.1. The van der Waals surface area contributed by atoms with Crippen LogP contribution in [0, 0.1) is 0 Å². The highest BCUT2D eigenvalue weighted by molar-refractivity contribution is 5.13. The van der Waals surface area contributed by atoms with Gasteiger partial charge in [-0.25, -0.2) is 0 Å². The third kappa shape index (κ3) is 7.84. The summed E-state index contributed by atoms with van der Waals surface area (Å²) in [7, 11) is 0. The van der Waals surface area contributed by atoms with Crippen LogP contribution in [0.5, 0.6) is 0 Å². The number of allylic oxidation sites excluding steroid dienone is 1. The van der Waals surface area contributed by atoms with E-state index < -0.39 is 0 Å². The van der Waals surface area contributed by atoms with E-state index in [4.69, 9.17) is 4.74 Å². The zero-order chi connectivity index (χ0) is 13.8. The van der Waals surface area contributed by atoms with Crippen LogP contribution < -0.4 is 0 Å². The van der Waals surface area contributed by atoms with E-state index in [1.807, 2.05) is 6.07 Å². The van der Waals surface area contributed by atoms with E-state index in [9.17, 15) is 0 Å². The molecule has 0 aliphatic carbocycles. The lowest BCUT2D eigenvalue weighted by Crippen LogP contribution is -2.09. The largest absolute Gasteiger partial charge is 0.369 e. The topological polar surface area (TPSA) is 9.23 Å². The number of benzene rings is 1. The standard InChI is InChI=1S/C18H28O/c1-3-5-7-11-15-18(14-6-4-2)19-16-17-12-9-8-10-13-17/h8-13,15,18H,3-7,14,16H2,1-2H3/b15-11+. The first-order valence-electron chi connectivity index (χ1n) is 7.69. The Labute approximate surface area is 118 Å². The molecule has 0 amide bonds. The second-order valence-corrected chi connectivity index (χ2v) is 5.05. The summed E-state index contributed by atoms with van der Waals surface area (Å²) >= 11 is 0. The van der Waals surface area contributed by atoms with E-state index in [1.54, 1.807) is 0 Å². The van der Waals surface area contributed by atoms with Gasteiger partial charge in [0.1, 0.15) is 0 Å². The Kier molecular flexibility index (Phi) is 9.09. The maximum Gasteiger partial charge on any atom is 0.0760 e. The molecule has 0 N–H and O–H groups in total. The Morgan fingerprint density at radius 3 is 2.47 bits per heavy atom. The zero-order valence-corrected chi connectivity index (χ0v) is 12.5. The molecular weight excluding hydrogens is 232 g/mol. The van der Waals surface area contributed by atoms with E-state index in [0.29, 0.717) is 6.61 Å². The molecule has 0 fully saturated rings. The summed E-state index contributed by atoms with van der Waals surface area (Å²) in [4.78, 5) is 0. The molecule has 1 aromatic carbocycles. The second kappa shape index (κ2) is 10.8. The molecule has 0 aliphatic heterocycles. The van der Waals surface area contributed by atoms with Gasteiger partial charge in [0.15, 0.2) is 0 Å². The van der Waals surface area contributed by atoms with Crippen molar-refractivity contribution in [2.24, 2.45) is 0 Å². The molecule has 1 nitrogen and oxygen atoms in total. The van der Waals surface area contributed by atoms with Crippen LogP contribution in [0.4, 0.5) is 0 Å². The van der Waals surface area contributed by atoms with E-state index in [2.05, 4.69) is 50.3 Å². The van der Waals surface area contributed by atoms with Gasteiger partial charge in [-0.2, -0.15) is 0 Å². The third-order valence-electron chi connectivity index (χ3n) is 3.22. The molecule has 1 atom stereocenters. The molecule has 19 heavy (non-hydrogen) atoms. The first kappa shape index (κ1) is 16.0. The fourth-order valence-corrected chi connectivity index (χ4v) is 1.99. The highest BCUT2D eigenvalue weighted by atomic mass is 16.5. The summed E-state index contributed by atoms with van der Waals surface area (Å²) in [5.74, 6) is 0. The van der Waals surface area contributed by atoms with Crippen molar-refractivity contribution in [3.05, 3.63) is 48.0 Å². The SMILES string of the molecule is CCCC/C=C/C(CCCC)OCc1ccccc1. The van der Waals surface area contributed by atoms with Gasteiger partial charge < -0.3 is 4.74 Å². The Bertz CT molecular complexity index is 329. The molecule has 0 radical (unpaired) electrons. The minimum atomic E-state index is 0.275. The van der Waals surface area contributed by atoms with Gasteiger partial charge in [0.2, 0.25) is 0 Å². The van der Waals surface area contributed by atoms with Crippen LogP contribution in [0.15, 0.2) is 42.5 Å². The maximum atomic E-state index is 6.02. The van der Waals surface area contributed by atoms with E-state index in [-0.39, 0.29) is 6.10 Å². The zero-order valence-electron chi connectivity index (χ0n) is 12.5. The van der Waals surface area contributed by atoms with Crippen LogP contribution >= 0.6 is 0 Å². The van der Waals surface area contributed by atoms with E-state index in [0.717, 1.165) is 6.42 Å². The van der Waals surface area contributed by atoms with Gasteiger partial charge in [-0.05, 0) is 18.4 Å². The molecule has 1 aromatic rings. The van der Waals surface area contributed by atoms with Gasteiger partial charge in [-0.15, -0.1) is 0 Å². The molecule has 0 aromatic heterocycles. The molecule has 0 spiro atoms. The van der Waals surface area contributed by atoms with Gasteiger partial charge in [0, 0.05) is 0 Å². The van der Waals surface area contributed by atoms with Crippen molar-refractivity contribution in [1.82, 2.24) is 0 Å². The third-order valence-corrected chi connectivity index (χ3v) is 3.22. The van der Waals surface area contributed by atoms with Gasteiger partial charge >= 0.3 is 0 Å². The van der Waals surface area contributed by atoms with Crippen LogP contribution in [0.3, 0.4) is 0 Å². The molecule has 0 bridgehead atoms. The van der Waals surface area contributed by atoms with Crippen molar-refractivity contribution >= 4 is 0 Å². The minimum absolute atomic E-state index is 0.275. The predicted octanol–water partition coefficient (Wildman–Crippen LogP) is 5.51. The average Bonchev–Trinajstić information content (AvgIpc) is 2.46. The predicted molar refractivity (Wildman–Crippen MR) is 83.2 cm³/mol. The van der Waals surface area contributed by atoms with Crippen molar-refractivity contribution in [1.29, 1.82) is 0 Å².